The zero-order chi connectivity index (χ0) is 13.3. The molecular formula is C13H17ClN4. The second-order valence-electron chi connectivity index (χ2n) is 4.37. The van der Waals surface area contributed by atoms with Gasteiger partial charge in [0, 0.05) is 28.9 Å². The standard InChI is InChI=1S/C13H17ClN4/c1-7-11(6-15)13(18-8(2)17-7)10-4-3-9(14)5-12(10)16/h3-5,7H,6,15-16H2,1-2H3,(H,17,18). The molecule has 96 valence electrons. The lowest BCUT2D eigenvalue weighted by Gasteiger charge is -2.25. The molecular weight excluding hydrogens is 248 g/mol. The monoisotopic (exact) mass is 264 g/mol. The molecule has 1 aromatic rings. The zero-order valence-corrected chi connectivity index (χ0v) is 11.3. The first-order valence-electron chi connectivity index (χ1n) is 5.83. The Hall–Kier alpha value is -1.52. The summed E-state index contributed by atoms with van der Waals surface area (Å²) < 4.78 is 0. The number of benzene rings is 1. The Morgan fingerprint density at radius 2 is 2.17 bits per heavy atom. The average Bonchev–Trinajstić information content (AvgIpc) is 2.28. The van der Waals surface area contributed by atoms with Crippen LogP contribution in [0.3, 0.4) is 0 Å². The van der Waals surface area contributed by atoms with Crippen LogP contribution < -0.4 is 16.8 Å². The molecule has 0 fully saturated rings. The van der Waals surface area contributed by atoms with Gasteiger partial charge in [0.1, 0.15) is 0 Å². The summed E-state index contributed by atoms with van der Waals surface area (Å²) in [5.74, 6) is 0.865. The summed E-state index contributed by atoms with van der Waals surface area (Å²) in [4.78, 5) is 4.53. The third-order valence-corrected chi connectivity index (χ3v) is 3.26. The number of hydrogen-bond donors (Lipinski definition) is 3. The summed E-state index contributed by atoms with van der Waals surface area (Å²) in [5, 5.41) is 3.88. The van der Waals surface area contributed by atoms with Gasteiger partial charge in [0.25, 0.3) is 0 Å². The Kier molecular flexibility index (Phi) is 3.59. The number of nitrogen functional groups attached to an aromatic ring is 1. The minimum absolute atomic E-state index is 0.164. The normalized spacial score (nSPS) is 19.6. The third-order valence-electron chi connectivity index (χ3n) is 3.02. The summed E-state index contributed by atoms with van der Waals surface area (Å²) in [5.41, 5.74) is 15.2. The van der Waals surface area contributed by atoms with Gasteiger partial charge in [-0.05, 0) is 37.6 Å². The minimum atomic E-state index is 0.164. The lowest BCUT2D eigenvalue weighted by atomic mass is 9.98. The van der Waals surface area contributed by atoms with Crippen molar-refractivity contribution < 1.29 is 0 Å². The van der Waals surface area contributed by atoms with E-state index in [-0.39, 0.29) is 6.04 Å². The van der Waals surface area contributed by atoms with Crippen LogP contribution in [0, 0.1) is 0 Å². The maximum Gasteiger partial charge on any atom is 0.0995 e. The van der Waals surface area contributed by atoms with Crippen molar-refractivity contribution in [3.05, 3.63) is 34.4 Å². The van der Waals surface area contributed by atoms with Crippen LogP contribution in [0.2, 0.25) is 5.02 Å². The number of halogens is 1. The second-order valence-corrected chi connectivity index (χ2v) is 4.81. The van der Waals surface area contributed by atoms with E-state index >= 15 is 0 Å². The molecule has 0 saturated carbocycles. The molecule has 1 aromatic carbocycles. The van der Waals surface area contributed by atoms with Crippen LogP contribution in [0.4, 0.5) is 5.69 Å². The maximum atomic E-state index is 6.01. The number of nitrogens with zero attached hydrogens (tertiary/aromatic N) is 1. The number of rotatable bonds is 2. The topological polar surface area (TPSA) is 76.4 Å². The van der Waals surface area contributed by atoms with Gasteiger partial charge in [-0.3, -0.25) is 0 Å². The highest BCUT2D eigenvalue weighted by Crippen LogP contribution is 2.30. The van der Waals surface area contributed by atoms with Gasteiger partial charge in [-0.15, -0.1) is 0 Å². The van der Waals surface area contributed by atoms with Crippen LogP contribution >= 0.6 is 11.6 Å². The molecule has 0 radical (unpaired) electrons. The second kappa shape index (κ2) is 5.00. The van der Waals surface area contributed by atoms with Gasteiger partial charge in [-0.1, -0.05) is 11.6 Å². The number of hydrogen-bond acceptors (Lipinski definition) is 4. The van der Waals surface area contributed by atoms with Crippen molar-refractivity contribution in [3.8, 4) is 0 Å². The molecule has 5 heteroatoms. The van der Waals surface area contributed by atoms with E-state index in [9.17, 15) is 0 Å². The summed E-state index contributed by atoms with van der Waals surface area (Å²) in [6, 6.07) is 5.59. The Balaban J connectivity index is 2.59. The molecule has 0 spiro atoms. The van der Waals surface area contributed by atoms with E-state index in [1.54, 1.807) is 6.07 Å². The number of amidine groups is 1. The fourth-order valence-electron chi connectivity index (χ4n) is 2.13. The Morgan fingerprint density at radius 1 is 1.44 bits per heavy atom. The predicted molar refractivity (Wildman–Crippen MR) is 77.5 cm³/mol. The summed E-state index contributed by atoms with van der Waals surface area (Å²) in [6.07, 6.45) is 0. The lowest BCUT2D eigenvalue weighted by Crippen LogP contribution is -2.38. The number of nitrogens with two attached hydrogens (primary N) is 2. The number of anilines is 1. The highest BCUT2D eigenvalue weighted by atomic mass is 35.5. The molecule has 5 N–H and O–H groups in total. The van der Waals surface area contributed by atoms with Crippen molar-refractivity contribution in [2.75, 3.05) is 12.3 Å². The van der Waals surface area contributed by atoms with Crippen molar-refractivity contribution in [2.45, 2.75) is 19.9 Å². The summed E-state index contributed by atoms with van der Waals surface area (Å²) in [7, 11) is 0. The van der Waals surface area contributed by atoms with Gasteiger partial charge in [0.15, 0.2) is 0 Å². The predicted octanol–water partition coefficient (Wildman–Crippen LogP) is 2.00. The molecule has 1 atom stereocenters. The minimum Gasteiger partial charge on any atom is -0.398 e. The van der Waals surface area contributed by atoms with E-state index < -0.39 is 0 Å². The van der Waals surface area contributed by atoms with E-state index in [1.165, 1.54) is 0 Å². The van der Waals surface area contributed by atoms with Gasteiger partial charge in [0.2, 0.25) is 0 Å². The molecule has 0 aliphatic carbocycles. The fourth-order valence-corrected chi connectivity index (χ4v) is 2.31. The first-order chi connectivity index (χ1) is 8.52. The van der Waals surface area contributed by atoms with E-state index in [2.05, 4.69) is 17.2 Å². The molecule has 1 unspecified atom stereocenters. The Morgan fingerprint density at radius 3 is 2.78 bits per heavy atom. The first-order valence-corrected chi connectivity index (χ1v) is 6.21. The summed E-state index contributed by atoms with van der Waals surface area (Å²) >= 11 is 5.91. The largest absolute Gasteiger partial charge is 0.398 e. The van der Waals surface area contributed by atoms with Crippen molar-refractivity contribution in [3.63, 3.8) is 0 Å². The van der Waals surface area contributed by atoms with Crippen LogP contribution in [-0.2, 0) is 0 Å². The number of nitrogens with one attached hydrogen (secondary N) is 1. The van der Waals surface area contributed by atoms with Crippen LogP contribution in [0.25, 0.3) is 5.70 Å². The summed E-state index contributed by atoms with van der Waals surface area (Å²) in [6.45, 7) is 4.44. The molecule has 0 saturated heterocycles. The van der Waals surface area contributed by atoms with Crippen LogP contribution in [-0.4, -0.2) is 18.4 Å². The fraction of sp³-hybridized carbons (Fsp3) is 0.308. The molecule has 1 heterocycles. The third kappa shape index (κ3) is 2.35. The van der Waals surface area contributed by atoms with Gasteiger partial charge < -0.3 is 16.8 Å². The Bertz CT molecular complexity index is 534. The van der Waals surface area contributed by atoms with E-state index in [4.69, 9.17) is 23.1 Å². The molecule has 0 bridgehead atoms. The lowest BCUT2D eigenvalue weighted by molar-refractivity contribution is 0.728. The Labute approximate surface area is 112 Å². The van der Waals surface area contributed by atoms with Crippen molar-refractivity contribution >= 4 is 28.8 Å². The van der Waals surface area contributed by atoms with E-state index in [1.807, 2.05) is 19.1 Å². The van der Waals surface area contributed by atoms with Gasteiger partial charge in [-0.2, -0.15) is 0 Å². The smallest absolute Gasteiger partial charge is 0.0995 e. The maximum absolute atomic E-state index is 6.01. The SMILES string of the molecule is CC1=NC(c2ccc(Cl)cc2N)=C(CN)C(C)N1. The van der Waals surface area contributed by atoms with E-state index in [0.29, 0.717) is 17.3 Å². The quantitative estimate of drug-likeness (QED) is 0.715. The average molecular weight is 265 g/mol. The van der Waals surface area contributed by atoms with Gasteiger partial charge in [-0.25, -0.2) is 4.99 Å². The number of aliphatic imine (C=N–C) groups is 1. The molecule has 0 aromatic heterocycles. The van der Waals surface area contributed by atoms with E-state index in [0.717, 1.165) is 22.7 Å². The van der Waals surface area contributed by atoms with Crippen LogP contribution in [0.15, 0.2) is 28.8 Å². The molecule has 1 aliphatic rings. The van der Waals surface area contributed by atoms with Gasteiger partial charge >= 0.3 is 0 Å². The highest BCUT2D eigenvalue weighted by molar-refractivity contribution is 6.31. The highest BCUT2D eigenvalue weighted by Gasteiger charge is 2.20. The first kappa shape index (κ1) is 12.9. The molecule has 1 aliphatic heterocycles. The zero-order valence-electron chi connectivity index (χ0n) is 10.5. The van der Waals surface area contributed by atoms with Crippen molar-refractivity contribution in [1.29, 1.82) is 0 Å². The molecule has 4 nitrogen and oxygen atoms in total. The van der Waals surface area contributed by atoms with Crippen LogP contribution in [0.1, 0.15) is 19.4 Å². The molecule has 2 rings (SSSR count). The van der Waals surface area contributed by atoms with Gasteiger partial charge in [0.05, 0.1) is 11.5 Å². The van der Waals surface area contributed by atoms with Crippen molar-refractivity contribution in [2.24, 2.45) is 10.7 Å². The van der Waals surface area contributed by atoms with Crippen LogP contribution in [0.5, 0.6) is 0 Å². The molecule has 18 heavy (non-hydrogen) atoms. The molecule has 0 amide bonds. The van der Waals surface area contributed by atoms with Crippen molar-refractivity contribution in [1.82, 2.24) is 5.32 Å².